The zero-order chi connectivity index (χ0) is 11.8. The average molecular weight is 215 g/mol. The zero-order valence-corrected chi connectivity index (χ0v) is 9.97. The minimum absolute atomic E-state index is 0.0713. The van der Waals surface area contributed by atoms with E-state index in [2.05, 4.69) is 38.4 Å². The van der Waals surface area contributed by atoms with E-state index >= 15 is 0 Å². The van der Waals surface area contributed by atoms with E-state index in [9.17, 15) is 4.79 Å². The molecule has 0 bridgehead atoms. The molecule has 0 radical (unpaired) electrons. The lowest BCUT2D eigenvalue weighted by atomic mass is 9.63. The lowest BCUT2D eigenvalue weighted by molar-refractivity contribution is -0.110. The quantitative estimate of drug-likeness (QED) is 0.670. The predicted octanol–water partition coefficient (Wildman–Crippen LogP) is 2.67. The van der Waals surface area contributed by atoms with Crippen molar-refractivity contribution in [2.45, 2.75) is 13.8 Å². The molecule has 2 nitrogen and oxygen atoms in total. The maximum absolute atomic E-state index is 11.2. The van der Waals surface area contributed by atoms with E-state index in [0.29, 0.717) is 0 Å². The molecule has 0 amide bonds. The van der Waals surface area contributed by atoms with Crippen LogP contribution in [0.1, 0.15) is 13.8 Å². The molecule has 1 heterocycles. The summed E-state index contributed by atoms with van der Waals surface area (Å²) in [7, 11) is 2.00. The summed E-state index contributed by atoms with van der Waals surface area (Å²) in [5, 5.41) is 0. The molecule has 0 spiro atoms. The van der Waals surface area contributed by atoms with Gasteiger partial charge in [0, 0.05) is 30.3 Å². The van der Waals surface area contributed by atoms with Gasteiger partial charge in [-0.15, -0.1) is 0 Å². The first kappa shape index (κ1) is 10.9. The first-order chi connectivity index (χ1) is 7.45. The second-order valence-electron chi connectivity index (χ2n) is 4.93. The van der Waals surface area contributed by atoms with Crippen molar-refractivity contribution in [2.75, 3.05) is 7.05 Å². The van der Waals surface area contributed by atoms with Gasteiger partial charge in [0.05, 0.1) is 0 Å². The van der Waals surface area contributed by atoms with Crippen LogP contribution in [0.2, 0.25) is 0 Å². The number of nitrogens with zero attached hydrogens (tertiary/aromatic N) is 1. The molecule has 2 aliphatic rings. The van der Waals surface area contributed by atoms with Gasteiger partial charge in [0.2, 0.25) is 0 Å². The van der Waals surface area contributed by atoms with Crippen LogP contribution in [0.15, 0.2) is 48.9 Å². The molecule has 1 aliphatic heterocycles. The van der Waals surface area contributed by atoms with Gasteiger partial charge in [-0.25, -0.2) is 0 Å². The Morgan fingerprint density at radius 1 is 0.938 bits per heavy atom. The first-order valence-corrected chi connectivity index (χ1v) is 5.48. The normalized spacial score (nSPS) is 25.2. The summed E-state index contributed by atoms with van der Waals surface area (Å²) in [4.78, 5) is 13.2. The van der Waals surface area contributed by atoms with Crippen LogP contribution >= 0.6 is 0 Å². The number of allylic oxidation sites excluding steroid dienone is 6. The zero-order valence-electron chi connectivity index (χ0n) is 9.97. The van der Waals surface area contributed by atoms with E-state index in [0.717, 1.165) is 0 Å². The third kappa shape index (κ3) is 1.64. The first-order valence-electron chi connectivity index (χ1n) is 5.48. The molecule has 84 valence electrons. The molecule has 0 aromatic rings. The van der Waals surface area contributed by atoms with Crippen LogP contribution in [0.3, 0.4) is 0 Å². The number of hydrogen-bond donors (Lipinski definition) is 0. The van der Waals surface area contributed by atoms with E-state index in [1.807, 2.05) is 24.1 Å². The lowest BCUT2D eigenvalue weighted by Gasteiger charge is -2.41. The summed E-state index contributed by atoms with van der Waals surface area (Å²) in [6.45, 7) is 4.32. The van der Waals surface area contributed by atoms with Crippen molar-refractivity contribution in [1.82, 2.24) is 4.90 Å². The molecule has 2 rings (SSSR count). The lowest BCUT2D eigenvalue weighted by Crippen LogP contribution is -2.34. The molecule has 0 fully saturated rings. The van der Waals surface area contributed by atoms with E-state index in [4.69, 9.17) is 0 Å². The Hall–Kier alpha value is -1.57. The highest BCUT2D eigenvalue weighted by Crippen LogP contribution is 2.46. The topological polar surface area (TPSA) is 20.3 Å². The monoisotopic (exact) mass is 215 g/mol. The van der Waals surface area contributed by atoms with Gasteiger partial charge in [0.15, 0.2) is 5.78 Å². The average Bonchev–Trinajstić information content (AvgIpc) is 2.27. The van der Waals surface area contributed by atoms with Crippen LogP contribution < -0.4 is 0 Å². The molecule has 1 aliphatic carbocycles. The number of ketones is 1. The highest BCUT2D eigenvalue weighted by atomic mass is 16.1. The second kappa shape index (κ2) is 3.48. The summed E-state index contributed by atoms with van der Waals surface area (Å²) in [5.41, 5.74) is -0.206. The van der Waals surface area contributed by atoms with Gasteiger partial charge in [0.25, 0.3) is 0 Å². The number of rotatable bonds is 1. The van der Waals surface area contributed by atoms with Crippen LogP contribution in [0, 0.1) is 10.8 Å². The summed E-state index contributed by atoms with van der Waals surface area (Å²) in [6, 6.07) is 0. The van der Waals surface area contributed by atoms with Crippen molar-refractivity contribution in [2.24, 2.45) is 10.8 Å². The molecule has 16 heavy (non-hydrogen) atoms. The maximum atomic E-state index is 11.2. The van der Waals surface area contributed by atoms with Gasteiger partial charge in [-0.05, 0) is 12.2 Å². The van der Waals surface area contributed by atoms with Gasteiger partial charge in [0.1, 0.15) is 0 Å². The Morgan fingerprint density at radius 3 is 1.88 bits per heavy atom. The Morgan fingerprint density at radius 2 is 1.38 bits per heavy atom. The molecular formula is C14H17NO. The van der Waals surface area contributed by atoms with E-state index in [1.165, 1.54) is 0 Å². The maximum Gasteiger partial charge on any atom is 0.178 e. The molecule has 0 aromatic carbocycles. The fourth-order valence-electron chi connectivity index (χ4n) is 1.99. The SMILES string of the molecule is CN1C=CC(C)(C2(C)C=CC(=O)C=C2)C=C1. The van der Waals surface area contributed by atoms with Gasteiger partial charge >= 0.3 is 0 Å². The van der Waals surface area contributed by atoms with Crippen LogP contribution in [0.4, 0.5) is 0 Å². The summed E-state index contributed by atoms with van der Waals surface area (Å²) in [5.74, 6) is 0.0713. The highest BCUT2D eigenvalue weighted by molar-refractivity contribution is 6.00. The number of carbonyl (C=O) groups is 1. The Balaban J connectivity index is 2.35. The molecule has 2 heteroatoms. The Kier molecular flexibility index (Phi) is 2.38. The van der Waals surface area contributed by atoms with E-state index in [1.54, 1.807) is 12.2 Å². The smallest absolute Gasteiger partial charge is 0.178 e. The highest BCUT2D eigenvalue weighted by Gasteiger charge is 2.39. The van der Waals surface area contributed by atoms with Crippen molar-refractivity contribution in [3.05, 3.63) is 48.9 Å². The van der Waals surface area contributed by atoms with Crippen LogP contribution in [0.25, 0.3) is 0 Å². The fourth-order valence-corrected chi connectivity index (χ4v) is 1.99. The second-order valence-corrected chi connectivity index (χ2v) is 4.93. The van der Waals surface area contributed by atoms with Crippen molar-refractivity contribution < 1.29 is 4.79 Å². The van der Waals surface area contributed by atoms with E-state index in [-0.39, 0.29) is 16.6 Å². The van der Waals surface area contributed by atoms with Crippen LogP contribution in [-0.4, -0.2) is 17.7 Å². The standard InChI is InChI=1S/C14H17NO/c1-13(6-4-12(16)5-7-13)14(2)8-10-15(3)11-9-14/h4-11H,1-3H3. The van der Waals surface area contributed by atoms with Gasteiger partial charge in [-0.2, -0.15) is 0 Å². The number of carbonyl (C=O) groups excluding carboxylic acids is 1. The van der Waals surface area contributed by atoms with Crippen molar-refractivity contribution in [1.29, 1.82) is 0 Å². The summed E-state index contributed by atoms with van der Waals surface area (Å²) in [6.07, 6.45) is 15.8. The molecular weight excluding hydrogens is 198 g/mol. The van der Waals surface area contributed by atoms with Crippen LogP contribution in [-0.2, 0) is 4.79 Å². The Labute approximate surface area is 96.6 Å². The summed E-state index contributed by atoms with van der Waals surface area (Å²) >= 11 is 0. The molecule has 0 unspecified atom stereocenters. The molecule has 0 aromatic heterocycles. The Bertz CT molecular complexity index is 396. The summed E-state index contributed by atoms with van der Waals surface area (Å²) < 4.78 is 0. The van der Waals surface area contributed by atoms with Crippen LogP contribution in [0.5, 0.6) is 0 Å². The molecule has 0 N–H and O–H groups in total. The van der Waals surface area contributed by atoms with Gasteiger partial charge in [-0.1, -0.05) is 38.2 Å². The third-order valence-electron chi connectivity index (χ3n) is 3.66. The van der Waals surface area contributed by atoms with Crippen molar-refractivity contribution in [3.8, 4) is 0 Å². The van der Waals surface area contributed by atoms with E-state index < -0.39 is 0 Å². The van der Waals surface area contributed by atoms with Crippen molar-refractivity contribution >= 4 is 5.78 Å². The minimum atomic E-state index is -0.130. The molecule has 0 saturated carbocycles. The molecule has 0 atom stereocenters. The van der Waals surface area contributed by atoms with Gasteiger partial charge in [-0.3, -0.25) is 4.79 Å². The fraction of sp³-hybridized carbons (Fsp3) is 0.357. The van der Waals surface area contributed by atoms with Crippen molar-refractivity contribution in [3.63, 3.8) is 0 Å². The predicted molar refractivity (Wildman–Crippen MR) is 65.5 cm³/mol. The minimum Gasteiger partial charge on any atom is -0.358 e. The molecule has 0 saturated heterocycles. The largest absolute Gasteiger partial charge is 0.358 e. The third-order valence-corrected chi connectivity index (χ3v) is 3.66. The van der Waals surface area contributed by atoms with Gasteiger partial charge < -0.3 is 4.90 Å². The number of hydrogen-bond acceptors (Lipinski definition) is 2.